The van der Waals surface area contributed by atoms with E-state index in [9.17, 15) is 22.8 Å². The molecular formula is C32H28F3N3O6. The first kappa shape index (κ1) is 30.2. The Hall–Kier alpha value is -5.26. The third-order valence-electron chi connectivity index (χ3n) is 6.44. The van der Waals surface area contributed by atoms with Gasteiger partial charge in [0.2, 0.25) is 12.7 Å². The van der Waals surface area contributed by atoms with E-state index in [1.165, 1.54) is 53.4 Å². The predicted octanol–water partition coefficient (Wildman–Crippen LogP) is 7.29. The van der Waals surface area contributed by atoms with Crippen molar-refractivity contribution in [3.8, 4) is 28.8 Å². The molecule has 0 radical (unpaired) electrons. The Bertz CT molecular complexity index is 1740. The number of carbonyl (C=O) groups is 2. The van der Waals surface area contributed by atoms with Crippen LogP contribution in [0.2, 0.25) is 0 Å². The van der Waals surface area contributed by atoms with Crippen LogP contribution in [0.3, 0.4) is 0 Å². The number of hydrogen-bond donors (Lipinski definition) is 0. The van der Waals surface area contributed by atoms with Crippen LogP contribution in [0.4, 0.5) is 18.9 Å². The van der Waals surface area contributed by atoms with Gasteiger partial charge in [-0.05, 0) is 75.4 Å². The van der Waals surface area contributed by atoms with Crippen molar-refractivity contribution in [2.45, 2.75) is 32.5 Å². The minimum atomic E-state index is -4.83. The molecule has 3 aromatic carbocycles. The molecule has 1 aliphatic rings. The molecule has 0 fully saturated rings. The van der Waals surface area contributed by atoms with Crippen molar-refractivity contribution in [2.75, 3.05) is 18.7 Å². The van der Waals surface area contributed by atoms with Gasteiger partial charge in [0.1, 0.15) is 11.4 Å². The molecule has 1 amide bonds. The molecule has 0 spiro atoms. The first-order chi connectivity index (χ1) is 20.7. The molecule has 2 heterocycles. The molecule has 44 heavy (non-hydrogen) atoms. The number of fused-ring (bicyclic) bond motifs is 1. The minimum Gasteiger partial charge on any atom is -0.456 e. The van der Waals surface area contributed by atoms with Crippen LogP contribution >= 0.6 is 0 Å². The number of amides is 1. The van der Waals surface area contributed by atoms with Gasteiger partial charge < -0.3 is 23.8 Å². The second-order valence-corrected chi connectivity index (χ2v) is 10.8. The largest absolute Gasteiger partial charge is 0.456 e. The third kappa shape index (κ3) is 6.24. The monoisotopic (exact) mass is 607 g/mol. The maximum absolute atomic E-state index is 14.0. The number of esters is 1. The number of alkyl halides is 3. The smallest absolute Gasteiger partial charge is 0.435 e. The van der Waals surface area contributed by atoms with E-state index in [2.05, 4.69) is 11.7 Å². The number of hydrogen-bond acceptors (Lipinski definition) is 7. The maximum Gasteiger partial charge on any atom is 0.435 e. The average molecular weight is 608 g/mol. The summed E-state index contributed by atoms with van der Waals surface area (Å²) in [4.78, 5) is 27.2. The Morgan fingerprint density at radius 3 is 2.34 bits per heavy atom. The van der Waals surface area contributed by atoms with E-state index in [0.29, 0.717) is 17.2 Å². The van der Waals surface area contributed by atoms with Crippen LogP contribution in [0, 0.1) is 0 Å². The van der Waals surface area contributed by atoms with Crippen LogP contribution in [0.5, 0.6) is 23.1 Å². The first-order valence-electron chi connectivity index (χ1n) is 13.4. The second-order valence-electron chi connectivity index (χ2n) is 10.8. The van der Waals surface area contributed by atoms with E-state index in [1.807, 2.05) is 0 Å². The summed E-state index contributed by atoms with van der Waals surface area (Å²) >= 11 is 0. The number of aromatic nitrogens is 2. The molecule has 0 N–H and O–H groups in total. The van der Waals surface area contributed by atoms with Crippen molar-refractivity contribution in [1.29, 1.82) is 0 Å². The summed E-state index contributed by atoms with van der Waals surface area (Å²) in [6.45, 7) is 8.81. The van der Waals surface area contributed by atoms with Gasteiger partial charge in [0.05, 0.1) is 16.8 Å². The Kier molecular flexibility index (Phi) is 7.85. The van der Waals surface area contributed by atoms with Crippen molar-refractivity contribution >= 4 is 23.6 Å². The quantitative estimate of drug-likeness (QED) is 0.204. The van der Waals surface area contributed by atoms with E-state index in [-0.39, 0.29) is 35.2 Å². The van der Waals surface area contributed by atoms with Gasteiger partial charge in [0, 0.05) is 24.4 Å². The van der Waals surface area contributed by atoms with Crippen LogP contribution in [-0.4, -0.2) is 41.1 Å². The lowest BCUT2D eigenvalue weighted by Crippen LogP contribution is -2.26. The van der Waals surface area contributed by atoms with Gasteiger partial charge in [0.15, 0.2) is 17.2 Å². The lowest BCUT2D eigenvalue weighted by Gasteiger charge is -2.19. The highest BCUT2D eigenvalue weighted by molar-refractivity contribution is 6.06. The van der Waals surface area contributed by atoms with Crippen LogP contribution in [0.15, 0.2) is 73.3 Å². The summed E-state index contributed by atoms with van der Waals surface area (Å²) in [6.07, 6.45) is -3.83. The number of anilines is 1. The van der Waals surface area contributed by atoms with E-state index < -0.39 is 34.9 Å². The van der Waals surface area contributed by atoms with Crippen LogP contribution in [0.1, 0.15) is 52.7 Å². The molecule has 0 aliphatic carbocycles. The minimum absolute atomic E-state index is 0.0766. The molecular weight excluding hydrogens is 579 g/mol. The standard InChI is InChI=1S/C32H28F3N3O6/c1-6-24-27(32(33,34)35)36-38(29(24)43-23-13-10-19(11-14-23)30(40)44-31(2,3)4)22-9-7-8-20(16-22)28(39)37(5)21-12-15-25-26(17-21)42-18-41-25/h6-17H,1,18H2,2-5H3. The molecule has 4 aromatic rings. The number of halogens is 3. The summed E-state index contributed by atoms with van der Waals surface area (Å²) < 4.78 is 65.1. The zero-order valence-corrected chi connectivity index (χ0v) is 24.3. The third-order valence-corrected chi connectivity index (χ3v) is 6.44. The summed E-state index contributed by atoms with van der Waals surface area (Å²) in [5.41, 5.74) is -1.26. The number of nitrogens with zero attached hydrogens (tertiary/aromatic N) is 3. The van der Waals surface area contributed by atoms with Gasteiger partial charge in [-0.15, -0.1) is 0 Å². The zero-order chi connectivity index (χ0) is 31.8. The number of ether oxygens (including phenoxy) is 4. The fourth-order valence-electron chi connectivity index (χ4n) is 4.36. The molecule has 0 saturated carbocycles. The summed E-state index contributed by atoms with van der Waals surface area (Å²) in [5.74, 6) is -0.104. The number of benzene rings is 3. The highest BCUT2D eigenvalue weighted by Gasteiger charge is 2.39. The number of rotatable bonds is 7. The van der Waals surface area contributed by atoms with Crippen LogP contribution < -0.4 is 19.1 Å². The average Bonchev–Trinajstić information content (AvgIpc) is 3.60. The molecule has 0 bridgehead atoms. The van der Waals surface area contributed by atoms with Crippen molar-refractivity contribution in [3.05, 3.63) is 95.7 Å². The fourth-order valence-corrected chi connectivity index (χ4v) is 4.36. The molecule has 0 unspecified atom stereocenters. The lowest BCUT2D eigenvalue weighted by molar-refractivity contribution is -0.141. The van der Waals surface area contributed by atoms with Gasteiger partial charge in [-0.2, -0.15) is 23.0 Å². The van der Waals surface area contributed by atoms with Gasteiger partial charge in [-0.25, -0.2) is 4.79 Å². The van der Waals surface area contributed by atoms with Gasteiger partial charge >= 0.3 is 12.1 Å². The Labute approximate surface area is 251 Å². The van der Waals surface area contributed by atoms with E-state index in [1.54, 1.807) is 46.0 Å². The normalized spacial score (nSPS) is 12.5. The van der Waals surface area contributed by atoms with Crippen molar-refractivity contribution in [1.82, 2.24) is 9.78 Å². The Balaban J connectivity index is 1.49. The predicted molar refractivity (Wildman–Crippen MR) is 156 cm³/mol. The molecule has 0 saturated heterocycles. The maximum atomic E-state index is 14.0. The SMILES string of the molecule is C=Cc1c(C(F)(F)F)nn(-c2cccc(C(=O)N(C)c3ccc4c(c3)OCO4)c2)c1Oc1ccc(C(=O)OC(C)(C)C)cc1. The molecule has 9 nitrogen and oxygen atoms in total. The highest BCUT2D eigenvalue weighted by atomic mass is 19.4. The molecule has 5 rings (SSSR count). The lowest BCUT2D eigenvalue weighted by atomic mass is 10.1. The van der Waals surface area contributed by atoms with Crippen molar-refractivity contribution in [3.63, 3.8) is 0 Å². The van der Waals surface area contributed by atoms with Crippen molar-refractivity contribution in [2.24, 2.45) is 0 Å². The summed E-state index contributed by atoms with van der Waals surface area (Å²) in [7, 11) is 1.56. The highest BCUT2D eigenvalue weighted by Crippen LogP contribution is 2.40. The molecule has 0 atom stereocenters. The molecule has 1 aromatic heterocycles. The van der Waals surface area contributed by atoms with Crippen LogP contribution in [0.25, 0.3) is 11.8 Å². The molecule has 12 heteroatoms. The summed E-state index contributed by atoms with van der Waals surface area (Å²) in [6, 6.07) is 16.7. The van der Waals surface area contributed by atoms with E-state index in [0.717, 1.165) is 10.8 Å². The van der Waals surface area contributed by atoms with Gasteiger partial charge in [-0.3, -0.25) is 4.79 Å². The van der Waals surface area contributed by atoms with Crippen molar-refractivity contribution < 1.29 is 41.7 Å². The van der Waals surface area contributed by atoms with Gasteiger partial charge in [-0.1, -0.05) is 18.7 Å². The molecule has 228 valence electrons. The van der Waals surface area contributed by atoms with Crippen LogP contribution in [-0.2, 0) is 10.9 Å². The van der Waals surface area contributed by atoms with E-state index in [4.69, 9.17) is 18.9 Å². The second kappa shape index (κ2) is 11.4. The Morgan fingerprint density at radius 2 is 1.68 bits per heavy atom. The molecule has 1 aliphatic heterocycles. The topological polar surface area (TPSA) is 92.1 Å². The zero-order valence-electron chi connectivity index (χ0n) is 24.3. The van der Waals surface area contributed by atoms with Gasteiger partial charge in [0.25, 0.3) is 5.91 Å². The first-order valence-corrected chi connectivity index (χ1v) is 13.4. The van der Waals surface area contributed by atoms with E-state index >= 15 is 0 Å². The summed E-state index contributed by atoms with van der Waals surface area (Å²) in [5, 5.41) is 3.81. The fraction of sp³-hybridized carbons (Fsp3) is 0.219. The number of carbonyl (C=O) groups excluding carboxylic acids is 2. The Morgan fingerprint density at radius 1 is 0.977 bits per heavy atom.